The summed E-state index contributed by atoms with van der Waals surface area (Å²) in [6.45, 7) is 6.79. The van der Waals surface area contributed by atoms with Crippen molar-refractivity contribution in [2.75, 3.05) is 13.1 Å². The van der Waals surface area contributed by atoms with Gasteiger partial charge in [-0.25, -0.2) is 0 Å². The molecule has 0 heterocycles. The molecule has 0 aliphatic heterocycles. The van der Waals surface area contributed by atoms with Gasteiger partial charge in [-0.1, -0.05) is 31.2 Å². The van der Waals surface area contributed by atoms with Gasteiger partial charge in [0.15, 0.2) is 0 Å². The lowest BCUT2D eigenvalue weighted by molar-refractivity contribution is 0.250. The molecule has 2 aliphatic carbocycles. The molecule has 1 N–H and O–H groups in total. The van der Waals surface area contributed by atoms with E-state index in [4.69, 9.17) is 0 Å². The Hall–Kier alpha value is -0.820. The lowest BCUT2D eigenvalue weighted by Crippen LogP contribution is -2.35. The highest BCUT2D eigenvalue weighted by atomic mass is 14.9. The van der Waals surface area contributed by atoms with Gasteiger partial charge in [0.2, 0.25) is 0 Å². The maximum absolute atomic E-state index is 3.61. The highest BCUT2D eigenvalue weighted by molar-refractivity contribution is 5.27. The van der Waals surface area contributed by atoms with Gasteiger partial charge in [0.25, 0.3) is 0 Å². The van der Waals surface area contributed by atoms with Crippen LogP contribution in [0.15, 0.2) is 24.3 Å². The fourth-order valence-corrected chi connectivity index (χ4v) is 3.96. The summed E-state index contributed by atoms with van der Waals surface area (Å²) in [4.78, 5) is 0. The summed E-state index contributed by atoms with van der Waals surface area (Å²) in [6.07, 6.45) is 5.71. The van der Waals surface area contributed by atoms with Crippen molar-refractivity contribution in [3.63, 3.8) is 0 Å². The highest BCUT2D eigenvalue weighted by Crippen LogP contribution is 2.60. The van der Waals surface area contributed by atoms with Crippen LogP contribution in [0.1, 0.15) is 37.3 Å². The van der Waals surface area contributed by atoms with Gasteiger partial charge in [-0.2, -0.15) is 0 Å². The predicted molar refractivity (Wildman–Crippen MR) is 76.7 cm³/mol. The average molecular weight is 243 g/mol. The van der Waals surface area contributed by atoms with Gasteiger partial charge in [-0.05, 0) is 67.5 Å². The summed E-state index contributed by atoms with van der Waals surface area (Å²) >= 11 is 0. The highest BCUT2D eigenvalue weighted by Gasteiger charge is 2.53. The van der Waals surface area contributed by atoms with E-state index in [-0.39, 0.29) is 0 Å². The molecule has 2 aliphatic rings. The van der Waals surface area contributed by atoms with Crippen molar-refractivity contribution in [1.29, 1.82) is 0 Å². The van der Waals surface area contributed by atoms with E-state index in [9.17, 15) is 0 Å². The number of nitrogens with one attached hydrogen (secondary N) is 1. The first kappa shape index (κ1) is 12.2. The van der Waals surface area contributed by atoms with Gasteiger partial charge in [-0.15, -0.1) is 0 Å². The molecule has 18 heavy (non-hydrogen) atoms. The maximum atomic E-state index is 3.61. The third kappa shape index (κ3) is 2.33. The van der Waals surface area contributed by atoms with Crippen molar-refractivity contribution in [2.45, 2.75) is 39.5 Å². The molecule has 1 aromatic rings. The topological polar surface area (TPSA) is 12.0 Å². The normalized spacial score (nSPS) is 33.4. The fraction of sp³-hybridized carbons (Fsp3) is 0.647. The Morgan fingerprint density at radius 1 is 1.22 bits per heavy atom. The Morgan fingerprint density at radius 3 is 2.61 bits per heavy atom. The zero-order chi connectivity index (χ0) is 12.6. The predicted octanol–water partition coefficient (Wildman–Crippen LogP) is 3.56. The molecule has 3 rings (SSSR count). The SMILES string of the molecule is CCNCC1(Cc2ccccc2C)CC2CC2C1. The summed E-state index contributed by atoms with van der Waals surface area (Å²) < 4.78 is 0. The molecular formula is C17H25N. The number of benzene rings is 1. The van der Waals surface area contributed by atoms with Gasteiger partial charge in [0.05, 0.1) is 0 Å². The van der Waals surface area contributed by atoms with Crippen LogP contribution in [-0.2, 0) is 6.42 Å². The van der Waals surface area contributed by atoms with E-state index in [2.05, 4.69) is 43.4 Å². The van der Waals surface area contributed by atoms with Gasteiger partial charge < -0.3 is 5.32 Å². The van der Waals surface area contributed by atoms with Crippen LogP contribution in [0.3, 0.4) is 0 Å². The summed E-state index contributed by atoms with van der Waals surface area (Å²) in [7, 11) is 0. The van der Waals surface area contributed by atoms with Crippen LogP contribution in [0.25, 0.3) is 0 Å². The molecule has 2 fully saturated rings. The first-order chi connectivity index (χ1) is 8.72. The molecule has 2 unspecified atom stereocenters. The summed E-state index contributed by atoms with van der Waals surface area (Å²) in [5.41, 5.74) is 3.58. The molecule has 0 spiro atoms. The standard InChI is InChI=1S/C17H25N/c1-3-18-12-17(10-15-8-16(15)11-17)9-14-7-5-4-6-13(14)2/h4-7,15-16,18H,3,8-12H2,1-2H3. The molecular weight excluding hydrogens is 218 g/mol. The molecule has 2 saturated carbocycles. The summed E-state index contributed by atoms with van der Waals surface area (Å²) in [5, 5.41) is 3.61. The van der Waals surface area contributed by atoms with Crippen molar-refractivity contribution < 1.29 is 0 Å². The molecule has 0 radical (unpaired) electrons. The van der Waals surface area contributed by atoms with Crippen molar-refractivity contribution in [1.82, 2.24) is 5.32 Å². The van der Waals surface area contributed by atoms with Crippen molar-refractivity contribution in [2.24, 2.45) is 17.3 Å². The fourth-order valence-electron chi connectivity index (χ4n) is 3.96. The molecule has 1 nitrogen and oxygen atoms in total. The number of rotatable bonds is 5. The van der Waals surface area contributed by atoms with Crippen LogP contribution < -0.4 is 5.32 Å². The van der Waals surface area contributed by atoms with Gasteiger partial charge in [0.1, 0.15) is 0 Å². The molecule has 98 valence electrons. The lowest BCUT2D eigenvalue weighted by Gasteiger charge is -2.32. The minimum absolute atomic E-state index is 0.551. The van der Waals surface area contributed by atoms with E-state index in [1.165, 1.54) is 37.8 Å². The van der Waals surface area contributed by atoms with Crippen molar-refractivity contribution in [3.8, 4) is 0 Å². The zero-order valence-corrected chi connectivity index (χ0v) is 11.7. The second kappa shape index (κ2) is 4.70. The molecule has 2 atom stereocenters. The van der Waals surface area contributed by atoms with Crippen LogP contribution in [0.2, 0.25) is 0 Å². The minimum atomic E-state index is 0.551. The Bertz CT molecular complexity index is 413. The van der Waals surface area contributed by atoms with Crippen molar-refractivity contribution in [3.05, 3.63) is 35.4 Å². The Kier molecular flexibility index (Phi) is 3.19. The second-order valence-corrected chi connectivity index (χ2v) is 6.55. The molecule has 0 aromatic heterocycles. The lowest BCUT2D eigenvalue weighted by atomic mass is 9.76. The third-order valence-corrected chi connectivity index (χ3v) is 5.04. The first-order valence-corrected chi connectivity index (χ1v) is 7.48. The molecule has 0 bridgehead atoms. The maximum Gasteiger partial charge on any atom is 0.00111 e. The quantitative estimate of drug-likeness (QED) is 0.833. The minimum Gasteiger partial charge on any atom is -0.316 e. The zero-order valence-electron chi connectivity index (χ0n) is 11.7. The van der Waals surface area contributed by atoms with Crippen LogP contribution >= 0.6 is 0 Å². The molecule has 1 aromatic carbocycles. The van der Waals surface area contributed by atoms with E-state index in [0.717, 1.165) is 18.4 Å². The van der Waals surface area contributed by atoms with E-state index in [0.29, 0.717) is 5.41 Å². The summed E-state index contributed by atoms with van der Waals surface area (Å²) in [5.74, 6) is 2.13. The smallest absolute Gasteiger partial charge is 0.00111 e. The summed E-state index contributed by atoms with van der Waals surface area (Å²) in [6, 6.07) is 8.93. The molecule has 0 saturated heterocycles. The molecule has 0 amide bonds. The average Bonchev–Trinajstić information content (AvgIpc) is 2.98. The number of hydrogen-bond donors (Lipinski definition) is 1. The Morgan fingerprint density at radius 2 is 1.94 bits per heavy atom. The van der Waals surface area contributed by atoms with Gasteiger partial charge in [-0.3, -0.25) is 0 Å². The monoisotopic (exact) mass is 243 g/mol. The van der Waals surface area contributed by atoms with Crippen LogP contribution in [-0.4, -0.2) is 13.1 Å². The second-order valence-electron chi connectivity index (χ2n) is 6.55. The first-order valence-electron chi connectivity index (χ1n) is 7.48. The van der Waals surface area contributed by atoms with E-state index < -0.39 is 0 Å². The van der Waals surface area contributed by atoms with E-state index in [1.54, 1.807) is 5.56 Å². The van der Waals surface area contributed by atoms with Crippen LogP contribution in [0.4, 0.5) is 0 Å². The Labute approximate surface area is 111 Å². The number of hydrogen-bond acceptors (Lipinski definition) is 1. The van der Waals surface area contributed by atoms with Gasteiger partial charge >= 0.3 is 0 Å². The largest absolute Gasteiger partial charge is 0.316 e. The third-order valence-electron chi connectivity index (χ3n) is 5.04. The number of aryl methyl sites for hydroxylation is 1. The van der Waals surface area contributed by atoms with Crippen LogP contribution in [0, 0.1) is 24.2 Å². The van der Waals surface area contributed by atoms with E-state index >= 15 is 0 Å². The Balaban J connectivity index is 1.75. The van der Waals surface area contributed by atoms with E-state index in [1.807, 2.05) is 0 Å². The van der Waals surface area contributed by atoms with Crippen molar-refractivity contribution >= 4 is 0 Å². The molecule has 1 heteroatoms. The number of fused-ring (bicyclic) bond motifs is 1. The van der Waals surface area contributed by atoms with Gasteiger partial charge in [0, 0.05) is 6.54 Å². The van der Waals surface area contributed by atoms with Crippen LogP contribution in [0.5, 0.6) is 0 Å².